The van der Waals surface area contributed by atoms with Gasteiger partial charge < -0.3 is 11.1 Å². The minimum Gasteiger partial charge on any atom is -0.393 e. The molecular formula is C16H18N2OS. The summed E-state index contributed by atoms with van der Waals surface area (Å²) in [5.74, 6) is 0.0318. The third-order valence-corrected chi connectivity index (χ3v) is 3.36. The minimum atomic E-state index is 0.0318. The number of amides is 1. The maximum Gasteiger partial charge on any atom is 0.224 e. The van der Waals surface area contributed by atoms with Gasteiger partial charge in [-0.05, 0) is 29.2 Å². The van der Waals surface area contributed by atoms with Crippen LogP contribution in [0.1, 0.15) is 18.4 Å². The SMILES string of the molecule is NC(=S)CCCNC(=O)Cc1cccc2ccccc12. The van der Waals surface area contributed by atoms with Crippen LogP contribution in [0.15, 0.2) is 42.5 Å². The molecule has 0 unspecified atom stereocenters. The molecule has 0 aromatic heterocycles. The first-order valence-electron chi connectivity index (χ1n) is 6.68. The molecule has 20 heavy (non-hydrogen) atoms. The Balaban J connectivity index is 1.94. The average Bonchev–Trinajstić information content (AvgIpc) is 2.44. The second kappa shape index (κ2) is 7.01. The first-order valence-corrected chi connectivity index (χ1v) is 7.09. The molecule has 104 valence electrons. The maximum atomic E-state index is 11.9. The Hall–Kier alpha value is -1.94. The molecule has 0 aliphatic heterocycles. The monoisotopic (exact) mass is 286 g/mol. The van der Waals surface area contributed by atoms with Gasteiger partial charge in [0.1, 0.15) is 0 Å². The molecule has 0 saturated heterocycles. The third-order valence-electron chi connectivity index (χ3n) is 3.15. The Bertz CT molecular complexity index is 619. The summed E-state index contributed by atoms with van der Waals surface area (Å²) >= 11 is 4.80. The Kier molecular flexibility index (Phi) is 5.07. The molecule has 0 atom stereocenters. The van der Waals surface area contributed by atoms with E-state index in [4.69, 9.17) is 18.0 Å². The molecule has 2 aromatic rings. The first-order chi connectivity index (χ1) is 9.66. The first kappa shape index (κ1) is 14.5. The van der Waals surface area contributed by atoms with E-state index in [9.17, 15) is 4.79 Å². The largest absolute Gasteiger partial charge is 0.393 e. The van der Waals surface area contributed by atoms with Crippen molar-refractivity contribution in [3.8, 4) is 0 Å². The van der Waals surface area contributed by atoms with Crippen LogP contribution >= 0.6 is 12.2 Å². The van der Waals surface area contributed by atoms with E-state index < -0.39 is 0 Å². The summed E-state index contributed by atoms with van der Waals surface area (Å²) in [5, 5.41) is 5.19. The highest BCUT2D eigenvalue weighted by molar-refractivity contribution is 7.80. The van der Waals surface area contributed by atoms with Crippen molar-refractivity contribution < 1.29 is 4.79 Å². The summed E-state index contributed by atoms with van der Waals surface area (Å²) in [5.41, 5.74) is 6.46. The maximum absolute atomic E-state index is 11.9. The second-order valence-electron chi connectivity index (χ2n) is 4.73. The zero-order valence-electron chi connectivity index (χ0n) is 11.3. The van der Waals surface area contributed by atoms with Gasteiger partial charge >= 0.3 is 0 Å². The summed E-state index contributed by atoms with van der Waals surface area (Å²) in [7, 11) is 0. The number of nitrogens with one attached hydrogen (secondary N) is 1. The highest BCUT2D eigenvalue weighted by atomic mass is 32.1. The third kappa shape index (κ3) is 4.03. The molecule has 1 amide bonds. The van der Waals surface area contributed by atoms with Gasteiger partial charge in [0.2, 0.25) is 5.91 Å². The molecule has 0 saturated carbocycles. The molecule has 3 N–H and O–H groups in total. The Morgan fingerprint density at radius 1 is 1.15 bits per heavy atom. The van der Waals surface area contributed by atoms with Gasteiger partial charge in [0.15, 0.2) is 0 Å². The van der Waals surface area contributed by atoms with Crippen molar-refractivity contribution in [2.45, 2.75) is 19.3 Å². The van der Waals surface area contributed by atoms with Crippen molar-refractivity contribution in [3.63, 3.8) is 0 Å². The fraction of sp³-hybridized carbons (Fsp3) is 0.250. The van der Waals surface area contributed by atoms with Gasteiger partial charge in [0.25, 0.3) is 0 Å². The fourth-order valence-electron chi connectivity index (χ4n) is 2.17. The normalized spacial score (nSPS) is 10.4. The molecule has 0 aliphatic rings. The predicted octanol–water partition coefficient (Wildman–Crippen LogP) is 2.56. The zero-order chi connectivity index (χ0) is 14.4. The standard InChI is InChI=1S/C16H18N2OS/c17-15(20)9-4-10-18-16(19)11-13-7-3-6-12-5-1-2-8-14(12)13/h1-3,5-8H,4,9-11H2,(H2,17,20)(H,18,19). The van der Waals surface area contributed by atoms with Crippen LogP contribution in [-0.2, 0) is 11.2 Å². The van der Waals surface area contributed by atoms with E-state index in [1.807, 2.05) is 30.3 Å². The lowest BCUT2D eigenvalue weighted by Crippen LogP contribution is -2.26. The zero-order valence-corrected chi connectivity index (χ0v) is 12.1. The van der Waals surface area contributed by atoms with E-state index in [2.05, 4.69) is 17.4 Å². The molecular weight excluding hydrogens is 268 g/mol. The molecule has 2 rings (SSSR count). The number of rotatable bonds is 6. The van der Waals surface area contributed by atoms with Crippen molar-refractivity contribution in [2.24, 2.45) is 5.73 Å². The van der Waals surface area contributed by atoms with Gasteiger partial charge in [-0.2, -0.15) is 0 Å². The van der Waals surface area contributed by atoms with Crippen molar-refractivity contribution in [1.29, 1.82) is 0 Å². The van der Waals surface area contributed by atoms with Gasteiger partial charge in [-0.3, -0.25) is 4.79 Å². The molecule has 0 fully saturated rings. The Labute approximate surface area is 124 Å². The van der Waals surface area contributed by atoms with Crippen molar-refractivity contribution in [2.75, 3.05) is 6.54 Å². The van der Waals surface area contributed by atoms with E-state index >= 15 is 0 Å². The molecule has 2 aromatic carbocycles. The Morgan fingerprint density at radius 3 is 2.70 bits per heavy atom. The molecule has 0 bridgehead atoms. The number of thiocarbonyl (C=S) groups is 1. The van der Waals surface area contributed by atoms with Crippen LogP contribution in [0.3, 0.4) is 0 Å². The molecule has 4 heteroatoms. The molecule has 0 heterocycles. The average molecular weight is 286 g/mol. The Morgan fingerprint density at radius 2 is 1.90 bits per heavy atom. The van der Waals surface area contributed by atoms with Crippen LogP contribution in [0.25, 0.3) is 10.8 Å². The van der Waals surface area contributed by atoms with E-state index in [1.165, 1.54) is 0 Å². The summed E-state index contributed by atoms with van der Waals surface area (Å²) in [6.45, 7) is 0.612. The van der Waals surface area contributed by atoms with E-state index in [0.717, 1.165) is 22.8 Å². The smallest absolute Gasteiger partial charge is 0.224 e. The number of hydrogen-bond acceptors (Lipinski definition) is 2. The molecule has 0 spiro atoms. The van der Waals surface area contributed by atoms with Crippen LogP contribution in [0.5, 0.6) is 0 Å². The van der Waals surface area contributed by atoms with Crippen molar-refractivity contribution in [1.82, 2.24) is 5.32 Å². The number of hydrogen-bond donors (Lipinski definition) is 2. The lowest BCUT2D eigenvalue weighted by Gasteiger charge is -2.07. The van der Waals surface area contributed by atoms with Crippen LogP contribution in [0.2, 0.25) is 0 Å². The second-order valence-corrected chi connectivity index (χ2v) is 5.26. The number of benzene rings is 2. The van der Waals surface area contributed by atoms with Crippen LogP contribution < -0.4 is 11.1 Å². The van der Waals surface area contributed by atoms with E-state index in [-0.39, 0.29) is 5.91 Å². The summed E-state index contributed by atoms with van der Waals surface area (Å²) in [6.07, 6.45) is 1.86. The molecule has 3 nitrogen and oxygen atoms in total. The lowest BCUT2D eigenvalue weighted by atomic mass is 10.0. The van der Waals surface area contributed by atoms with Crippen LogP contribution in [0.4, 0.5) is 0 Å². The number of carbonyl (C=O) groups excluding carboxylic acids is 1. The quantitative estimate of drug-likeness (QED) is 0.634. The predicted molar refractivity (Wildman–Crippen MR) is 86.7 cm³/mol. The number of carbonyl (C=O) groups is 1. The van der Waals surface area contributed by atoms with Crippen molar-refractivity contribution >= 4 is 33.9 Å². The summed E-state index contributed by atoms with van der Waals surface area (Å²) < 4.78 is 0. The van der Waals surface area contributed by atoms with Gasteiger partial charge in [0.05, 0.1) is 11.4 Å². The number of fused-ring (bicyclic) bond motifs is 1. The van der Waals surface area contributed by atoms with Gasteiger partial charge in [-0.1, -0.05) is 54.7 Å². The minimum absolute atomic E-state index is 0.0318. The van der Waals surface area contributed by atoms with Gasteiger partial charge in [-0.25, -0.2) is 0 Å². The van der Waals surface area contributed by atoms with Crippen LogP contribution in [-0.4, -0.2) is 17.4 Å². The molecule has 0 radical (unpaired) electrons. The molecule has 0 aliphatic carbocycles. The van der Waals surface area contributed by atoms with Crippen molar-refractivity contribution in [3.05, 3.63) is 48.0 Å². The summed E-state index contributed by atoms with van der Waals surface area (Å²) in [6, 6.07) is 14.1. The number of nitrogens with two attached hydrogens (primary N) is 1. The topological polar surface area (TPSA) is 55.1 Å². The fourth-order valence-corrected chi connectivity index (χ4v) is 2.32. The summed E-state index contributed by atoms with van der Waals surface area (Å²) in [4.78, 5) is 12.4. The van der Waals surface area contributed by atoms with E-state index in [1.54, 1.807) is 0 Å². The highest BCUT2D eigenvalue weighted by Crippen LogP contribution is 2.18. The highest BCUT2D eigenvalue weighted by Gasteiger charge is 2.06. The van der Waals surface area contributed by atoms with Gasteiger partial charge in [0, 0.05) is 6.54 Å². The van der Waals surface area contributed by atoms with E-state index in [0.29, 0.717) is 24.4 Å². The van der Waals surface area contributed by atoms with Crippen LogP contribution in [0, 0.1) is 0 Å². The lowest BCUT2D eigenvalue weighted by molar-refractivity contribution is -0.120. The van der Waals surface area contributed by atoms with Gasteiger partial charge in [-0.15, -0.1) is 0 Å².